The molecule has 0 fully saturated rings. The minimum atomic E-state index is -0.883. The van der Waals surface area contributed by atoms with Crippen molar-refractivity contribution in [3.8, 4) is 0 Å². The first-order valence-electron chi connectivity index (χ1n) is 5.40. The number of carbonyl (C=O) groups excluding carboxylic acids is 1. The van der Waals surface area contributed by atoms with Crippen molar-refractivity contribution in [1.82, 2.24) is 4.90 Å². The predicted molar refractivity (Wildman–Crippen MR) is 62.8 cm³/mol. The molecule has 0 aromatic heterocycles. The number of nitrogens with zero attached hydrogens (tertiary/aromatic N) is 1. The van der Waals surface area contributed by atoms with Crippen molar-refractivity contribution in [2.45, 2.75) is 12.8 Å². The Labute approximate surface area is 99.4 Å². The van der Waals surface area contributed by atoms with E-state index >= 15 is 0 Å². The van der Waals surface area contributed by atoms with Gasteiger partial charge in [0.25, 0.3) is 0 Å². The smallest absolute Gasteiger partial charge is 0.222 e. The van der Waals surface area contributed by atoms with Crippen molar-refractivity contribution >= 4 is 11.6 Å². The van der Waals surface area contributed by atoms with Crippen LogP contribution in [0.15, 0.2) is 18.2 Å². The Bertz CT molecular complexity index is 394. The number of amides is 1. The minimum Gasteiger partial charge on any atom is -0.383 e. The summed E-state index contributed by atoms with van der Waals surface area (Å²) in [5.41, 5.74) is 0.127. The predicted octanol–water partition coefficient (Wildman–Crippen LogP) is 2.25. The zero-order chi connectivity index (χ0) is 12.8. The van der Waals surface area contributed by atoms with Gasteiger partial charge in [0.05, 0.1) is 5.69 Å². The van der Waals surface area contributed by atoms with Crippen molar-refractivity contribution in [2.24, 2.45) is 0 Å². The van der Waals surface area contributed by atoms with Crippen LogP contribution in [-0.4, -0.2) is 31.4 Å². The van der Waals surface area contributed by atoms with Crippen LogP contribution in [0.4, 0.5) is 14.5 Å². The van der Waals surface area contributed by atoms with Gasteiger partial charge in [0, 0.05) is 27.1 Å². The Kier molecular flexibility index (Phi) is 4.87. The Hall–Kier alpha value is -1.65. The van der Waals surface area contributed by atoms with Crippen molar-refractivity contribution in [3.05, 3.63) is 29.8 Å². The number of carbonyl (C=O) groups is 1. The Morgan fingerprint density at radius 1 is 1.35 bits per heavy atom. The first kappa shape index (κ1) is 13.4. The molecule has 3 nitrogen and oxygen atoms in total. The maximum Gasteiger partial charge on any atom is 0.222 e. The number of anilines is 1. The second-order valence-electron chi connectivity index (χ2n) is 3.92. The van der Waals surface area contributed by atoms with E-state index in [1.807, 2.05) is 0 Å². The van der Waals surface area contributed by atoms with E-state index in [-0.39, 0.29) is 11.6 Å². The summed E-state index contributed by atoms with van der Waals surface area (Å²) in [5.74, 6) is -1.74. The van der Waals surface area contributed by atoms with Gasteiger partial charge in [0.15, 0.2) is 11.6 Å². The highest BCUT2D eigenvalue weighted by molar-refractivity contribution is 5.75. The van der Waals surface area contributed by atoms with Gasteiger partial charge >= 0.3 is 0 Å². The summed E-state index contributed by atoms with van der Waals surface area (Å²) in [6.07, 6.45) is 0.962. The van der Waals surface area contributed by atoms with Crippen LogP contribution < -0.4 is 5.32 Å². The molecule has 0 aliphatic heterocycles. The summed E-state index contributed by atoms with van der Waals surface area (Å²) in [6, 6.07) is 3.97. The molecule has 17 heavy (non-hydrogen) atoms. The largest absolute Gasteiger partial charge is 0.383 e. The van der Waals surface area contributed by atoms with E-state index in [4.69, 9.17) is 0 Å². The number of rotatable bonds is 5. The quantitative estimate of drug-likeness (QED) is 0.803. The highest BCUT2D eigenvalue weighted by Gasteiger charge is 2.07. The molecule has 0 spiro atoms. The van der Waals surface area contributed by atoms with E-state index in [1.54, 1.807) is 14.1 Å². The molecule has 0 saturated heterocycles. The number of benzene rings is 1. The summed E-state index contributed by atoms with van der Waals surface area (Å²) in [4.78, 5) is 12.7. The third kappa shape index (κ3) is 4.01. The molecule has 1 aromatic rings. The molecule has 1 aromatic carbocycles. The summed E-state index contributed by atoms with van der Waals surface area (Å²) < 4.78 is 26.0. The molecule has 1 rings (SSSR count). The van der Waals surface area contributed by atoms with Crippen LogP contribution in [0.3, 0.4) is 0 Å². The molecule has 94 valence electrons. The van der Waals surface area contributed by atoms with Crippen LogP contribution in [0.1, 0.15) is 12.8 Å². The third-order valence-electron chi connectivity index (χ3n) is 2.33. The monoisotopic (exact) mass is 242 g/mol. The zero-order valence-corrected chi connectivity index (χ0v) is 9.96. The molecule has 0 aliphatic rings. The SMILES string of the molecule is CN(C)C(=O)CCCNc1cccc(F)c1F. The molecule has 0 heterocycles. The number of halogens is 2. The Balaban J connectivity index is 2.36. The van der Waals surface area contributed by atoms with Crippen molar-refractivity contribution < 1.29 is 13.6 Å². The molecule has 0 unspecified atom stereocenters. The van der Waals surface area contributed by atoms with Gasteiger partial charge in [-0.3, -0.25) is 4.79 Å². The minimum absolute atomic E-state index is 0.0199. The van der Waals surface area contributed by atoms with E-state index < -0.39 is 11.6 Å². The van der Waals surface area contributed by atoms with Crippen LogP contribution in [-0.2, 0) is 4.79 Å². The highest BCUT2D eigenvalue weighted by Crippen LogP contribution is 2.16. The van der Waals surface area contributed by atoms with Crippen molar-refractivity contribution in [3.63, 3.8) is 0 Å². The lowest BCUT2D eigenvalue weighted by atomic mass is 10.2. The molecule has 5 heteroatoms. The highest BCUT2D eigenvalue weighted by atomic mass is 19.2. The molecule has 0 bridgehead atoms. The number of hydrogen-bond acceptors (Lipinski definition) is 2. The number of hydrogen-bond donors (Lipinski definition) is 1. The van der Waals surface area contributed by atoms with Gasteiger partial charge in [-0.2, -0.15) is 0 Å². The lowest BCUT2D eigenvalue weighted by molar-refractivity contribution is -0.128. The van der Waals surface area contributed by atoms with Crippen LogP contribution in [0.2, 0.25) is 0 Å². The molecule has 0 atom stereocenters. The van der Waals surface area contributed by atoms with Gasteiger partial charge in [-0.25, -0.2) is 8.78 Å². The van der Waals surface area contributed by atoms with Crippen LogP contribution in [0.25, 0.3) is 0 Å². The van der Waals surface area contributed by atoms with Gasteiger partial charge in [-0.15, -0.1) is 0 Å². The second-order valence-corrected chi connectivity index (χ2v) is 3.92. The maximum atomic E-state index is 13.2. The second kappa shape index (κ2) is 6.18. The van der Waals surface area contributed by atoms with Gasteiger partial charge in [0.2, 0.25) is 5.91 Å². The van der Waals surface area contributed by atoms with E-state index in [9.17, 15) is 13.6 Å². The molecular weight excluding hydrogens is 226 g/mol. The molecular formula is C12H16F2N2O. The number of nitrogens with one attached hydrogen (secondary N) is 1. The fourth-order valence-electron chi connectivity index (χ4n) is 1.33. The topological polar surface area (TPSA) is 32.3 Å². The van der Waals surface area contributed by atoms with E-state index in [0.717, 1.165) is 6.07 Å². The van der Waals surface area contributed by atoms with Crippen LogP contribution >= 0.6 is 0 Å². The standard InChI is InChI=1S/C12H16F2N2O/c1-16(2)11(17)7-4-8-15-10-6-3-5-9(13)12(10)14/h3,5-6,15H,4,7-8H2,1-2H3. The molecule has 0 aliphatic carbocycles. The molecule has 1 N–H and O–H groups in total. The Morgan fingerprint density at radius 2 is 2.06 bits per heavy atom. The van der Waals surface area contributed by atoms with E-state index in [2.05, 4.69) is 5.32 Å². The summed E-state index contributed by atoms with van der Waals surface area (Å²) >= 11 is 0. The summed E-state index contributed by atoms with van der Waals surface area (Å²) in [7, 11) is 3.37. The molecule has 0 radical (unpaired) electrons. The lowest BCUT2D eigenvalue weighted by Gasteiger charge is -2.11. The first-order valence-corrected chi connectivity index (χ1v) is 5.40. The lowest BCUT2D eigenvalue weighted by Crippen LogP contribution is -2.22. The van der Waals surface area contributed by atoms with Crippen molar-refractivity contribution in [2.75, 3.05) is 26.0 Å². The maximum absolute atomic E-state index is 13.2. The van der Waals surface area contributed by atoms with Crippen LogP contribution in [0.5, 0.6) is 0 Å². The molecule has 1 amide bonds. The van der Waals surface area contributed by atoms with Gasteiger partial charge in [-0.1, -0.05) is 6.07 Å². The van der Waals surface area contributed by atoms with Gasteiger partial charge < -0.3 is 10.2 Å². The average Bonchev–Trinajstić information content (AvgIpc) is 2.29. The van der Waals surface area contributed by atoms with Crippen molar-refractivity contribution in [1.29, 1.82) is 0 Å². The first-order chi connectivity index (χ1) is 8.02. The average molecular weight is 242 g/mol. The zero-order valence-electron chi connectivity index (χ0n) is 9.96. The normalized spacial score (nSPS) is 10.1. The van der Waals surface area contributed by atoms with Crippen LogP contribution in [0, 0.1) is 11.6 Å². The summed E-state index contributed by atoms with van der Waals surface area (Å²) in [5, 5.41) is 2.76. The Morgan fingerprint density at radius 3 is 2.71 bits per heavy atom. The van der Waals surface area contributed by atoms with E-state index in [0.29, 0.717) is 19.4 Å². The van der Waals surface area contributed by atoms with E-state index in [1.165, 1.54) is 17.0 Å². The molecule has 0 saturated carbocycles. The van der Waals surface area contributed by atoms with Gasteiger partial charge in [-0.05, 0) is 18.6 Å². The fourth-order valence-corrected chi connectivity index (χ4v) is 1.33. The third-order valence-corrected chi connectivity index (χ3v) is 2.33. The van der Waals surface area contributed by atoms with Gasteiger partial charge in [0.1, 0.15) is 0 Å². The fraction of sp³-hybridized carbons (Fsp3) is 0.417. The summed E-state index contributed by atoms with van der Waals surface area (Å²) in [6.45, 7) is 0.431.